The molecule has 0 amide bonds. The molecule has 3 heteroatoms. The van der Waals surface area contributed by atoms with E-state index in [9.17, 15) is 4.79 Å². The second-order valence-electron chi connectivity index (χ2n) is 4.96. The van der Waals surface area contributed by atoms with Crippen LogP contribution in [0.5, 0.6) is 0 Å². The average molecular weight is 270 g/mol. The van der Waals surface area contributed by atoms with E-state index in [0.29, 0.717) is 0 Å². The minimum absolute atomic E-state index is 0.730. The van der Waals surface area contributed by atoms with Crippen LogP contribution in [0.1, 0.15) is 53.6 Å². The summed E-state index contributed by atoms with van der Waals surface area (Å²) in [4.78, 5) is 11.3. The fourth-order valence-electron chi connectivity index (χ4n) is 2.52. The largest absolute Gasteiger partial charge is 0.298 e. The highest BCUT2D eigenvalue weighted by Gasteiger charge is 2.14. The lowest BCUT2D eigenvalue weighted by atomic mass is 10.1. The summed E-state index contributed by atoms with van der Waals surface area (Å²) in [6.07, 6.45) is 3.62. The van der Waals surface area contributed by atoms with Crippen molar-refractivity contribution < 1.29 is 4.79 Å². The number of rotatable bonds is 6. The maximum atomic E-state index is 11.3. The number of carbonyl (C=O) groups is 1. The molecule has 1 aromatic carbocycles. The van der Waals surface area contributed by atoms with Gasteiger partial charge in [-0.1, -0.05) is 45.0 Å². The van der Waals surface area contributed by atoms with Crippen molar-refractivity contribution >= 4 is 6.29 Å². The monoisotopic (exact) mass is 270 g/mol. The van der Waals surface area contributed by atoms with Gasteiger partial charge >= 0.3 is 0 Å². The second kappa shape index (κ2) is 6.51. The van der Waals surface area contributed by atoms with Crippen LogP contribution >= 0.6 is 0 Å². The van der Waals surface area contributed by atoms with Crippen molar-refractivity contribution in [3.63, 3.8) is 0 Å². The van der Waals surface area contributed by atoms with Crippen LogP contribution in [0.15, 0.2) is 24.3 Å². The number of aldehydes is 1. The van der Waals surface area contributed by atoms with Crippen molar-refractivity contribution in [2.24, 2.45) is 0 Å². The number of hydrogen-bond donors (Lipinski definition) is 0. The highest BCUT2D eigenvalue weighted by molar-refractivity contribution is 5.78. The van der Waals surface area contributed by atoms with Crippen molar-refractivity contribution in [1.82, 2.24) is 9.78 Å². The number of aromatic nitrogens is 2. The first kappa shape index (κ1) is 14.5. The zero-order chi connectivity index (χ0) is 14.5. The van der Waals surface area contributed by atoms with Gasteiger partial charge in [0, 0.05) is 5.69 Å². The van der Waals surface area contributed by atoms with Gasteiger partial charge in [-0.15, -0.1) is 0 Å². The van der Waals surface area contributed by atoms with Crippen LogP contribution in [-0.2, 0) is 25.8 Å². The third-order valence-electron chi connectivity index (χ3n) is 3.73. The molecule has 20 heavy (non-hydrogen) atoms. The van der Waals surface area contributed by atoms with E-state index in [-0.39, 0.29) is 0 Å². The molecule has 3 nitrogen and oxygen atoms in total. The Hall–Kier alpha value is -1.90. The van der Waals surface area contributed by atoms with Gasteiger partial charge in [0.15, 0.2) is 6.29 Å². The topological polar surface area (TPSA) is 34.9 Å². The van der Waals surface area contributed by atoms with Gasteiger partial charge in [0.25, 0.3) is 0 Å². The van der Waals surface area contributed by atoms with E-state index in [1.54, 1.807) is 0 Å². The van der Waals surface area contributed by atoms with Crippen molar-refractivity contribution in [2.45, 2.75) is 46.6 Å². The summed E-state index contributed by atoms with van der Waals surface area (Å²) in [7, 11) is 0. The highest BCUT2D eigenvalue weighted by Crippen LogP contribution is 2.16. The quantitative estimate of drug-likeness (QED) is 0.754. The number of hydrogen-bond acceptors (Lipinski definition) is 2. The van der Waals surface area contributed by atoms with Gasteiger partial charge in [-0.25, -0.2) is 0 Å². The second-order valence-corrected chi connectivity index (χ2v) is 4.96. The Bertz CT molecular complexity index is 582. The summed E-state index contributed by atoms with van der Waals surface area (Å²) in [5.41, 5.74) is 5.28. The fraction of sp³-hybridized carbons (Fsp3) is 0.412. The number of carbonyl (C=O) groups excluding carboxylic acids is 1. The third-order valence-corrected chi connectivity index (χ3v) is 3.73. The molecular weight excluding hydrogens is 248 g/mol. The molecule has 0 N–H and O–H groups in total. The SMILES string of the molecule is CCc1ccc(Cn2nc(CC)c(C=O)c2CC)cc1. The van der Waals surface area contributed by atoms with E-state index in [4.69, 9.17) is 0 Å². The predicted molar refractivity (Wildman–Crippen MR) is 81.3 cm³/mol. The minimum atomic E-state index is 0.730. The van der Waals surface area contributed by atoms with Crippen molar-refractivity contribution in [3.05, 3.63) is 52.3 Å². The lowest BCUT2D eigenvalue weighted by molar-refractivity contribution is 0.112. The Balaban J connectivity index is 2.32. The summed E-state index contributed by atoms with van der Waals surface area (Å²) >= 11 is 0. The first-order valence-electron chi connectivity index (χ1n) is 7.34. The third kappa shape index (κ3) is 2.82. The Labute approximate surface area is 120 Å². The van der Waals surface area contributed by atoms with Crippen LogP contribution in [0.3, 0.4) is 0 Å². The Morgan fingerprint density at radius 1 is 1.00 bits per heavy atom. The van der Waals surface area contributed by atoms with E-state index in [2.05, 4.69) is 43.2 Å². The molecule has 0 aliphatic rings. The van der Waals surface area contributed by atoms with Crippen LogP contribution in [0.4, 0.5) is 0 Å². The van der Waals surface area contributed by atoms with Crippen LogP contribution in [-0.4, -0.2) is 16.1 Å². The Morgan fingerprint density at radius 3 is 2.15 bits per heavy atom. The zero-order valence-corrected chi connectivity index (χ0v) is 12.5. The molecule has 2 rings (SSSR count). The number of benzene rings is 1. The van der Waals surface area contributed by atoms with Crippen molar-refractivity contribution in [2.75, 3.05) is 0 Å². The molecule has 1 heterocycles. The standard InChI is InChI=1S/C17H22N2O/c1-4-13-7-9-14(10-8-13)11-19-17(6-3)15(12-20)16(5-2)18-19/h7-10,12H,4-6,11H2,1-3H3. The molecule has 0 aliphatic heterocycles. The minimum Gasteiger partial charge on any atom is -0.298 e. The van der Waals surface area contributed by atoms with E-state index in [1.807, 2.05) is 11.6 Å². The van der Waals surface area contributed by atoms with Gasteiger partial charge < -0.3 is 0 Å². The molecule has 0 atom stereocenters. The van der Waals surface area contributed by atoms with Gasteiger partial charge in [-0.3, -0.25) is 9.48 Å². The normalized spacial score (nSPS) is 10.8. The molecule has 106 valence electrons. The molecule has 0 aliphatic carbocycles. The smallest absolute Gasteiger partial charge is 0.153 e. The molecule has 0 fully saturated rings. The van der Waals surface area contributed by atoms with Crippen molar-refractivity contribution in [3.8, 4) is 0 Å². The molecule has 0 unspecified atom stereocenters. The Morgan fingerprint density at radius 2 is 1.65 bits per heavy atom. The van der Waals surface area contributed by atoms with Gasteiger partial charge in [0.05, 0.1) is 17.8 Å². The molecule has 2 aromatic rings. The van der Waals surface area contributed by atoms with Crippen LogP contribution in [0.25, 0.3) is 0 Å². The van der Waals surface area contributed by atoms with Crippen LogP contribution < -0.4 is 0 Å². The van der Waals surface area contributed by atoms with Crippen LogP contribution in [0.2, 0.25) is 0 Å². The predicted octanol–water partition coefficient (Wildman–Crippen LogP) is 3.43. The van der Waals surface area contributed by atoms with Crippen molar-refractivity contribution in [1.29, 1.82) is 0 Å². The van der Waals surface area contributed by atoms with Crippen LogP contribution in [0, 0.1) is 0 Å². The maximum Gasteiger partial charge on any atom is 0.153 e. The summed E-state index contributed by atoms with van der Waals surface area (Å²) < 4.78 is 1.98. The lowest BCUT2D eigenvalue weighted by Crippen LogP contribution is -2.06. The van der Waals surface area contributed by atoms with Gasteiger partial charge in [0.2, 0.25) is 0 Å². The fourth-order valence-corrected chi connectivity index (χ4v) is 2.52. The maximum absolute atomic E-state index is 11.3. The van der Waals surface area contributed by atoms with E-state index < -0.39 is 0 Å². The highest BCUT2D eigenvalue weighted by atomic mass is 16.1. The van der Waals surface area contributed by atoms with E-state index >= 15 is 0 Å². The number of nitrogens with zero attached hydrogens (tertiary/aromatic N) is 2. The first-order valence-corrected chi connectivity index (χ1v) is 7.34. The Kier molecular flexibility index (Phi) is 4.72. The van der Waals surface area contributed by atoms with E-state index in [0.717, 1.165) is 49.0 Å². The molecule has 0 saturated heterocycles. The first-order chi connectivity index (χ1) is 9.73. The summed E-state index contributed by atoms with van der Waals surface area (Å²) in [5.74, 6) is 0. The molecule has 0 bridgehead atoms. The van der Waals surface area contributed by atoms with Gasteiger partial charge in [-0.2, -0.15) is 5.10 Å². The van der Waals surface area contributed by atoms with Gasteiger partial charge in [0.1, 0.15) is 0 Å². The van der Waals surface area contributed by atoms with Gasteiger partial charge in [-0.05, 0) is 30.4 Å². The molecule has 0 saturated carbocycles. The summed E-state index contributed by atoms with van der Waals surface area (Å²) in [6, 6.07) is 8.61. The molecular formula is C17H22N2O. The average Bonchev–Trinajstić information content (AvgIpc) is 2.84. The molecule has 1 aromatic heterocycles. The molecule has 0 radical (unpaired) electrons. The summed E-state index contributed by atoms with van der Waals surface area (Å²) in [5, 5.41) is 4.59. The zero-order valence-electron chi connectivity index (χ0n) is 12.5. The summed E-state index contributed by atoms with van der Waals surface area (Å²) in [6.45, 7) is 6.99. The lowest BCUT2D eigenvalue weighted by Gasteiger charge is -2.07. The number of aryl methyl sites for hydroxylation is 2. The molecule has 0 spiro atoms. The van der Waals surface area contributed by atoms with E-state index in [1.165, 1.54) is 11.1 Å².